The number of hydrogen-bond acceptors (Lipinski definition) is 2. The Kier molecular flexibility index (Phi) is 5.83. The summed E-state index contributed by atoms with van der Waals surface area (Å²) in [6.45, 7) is 3.51. The van der Waals surface area contributed by atoms with E-state index in [1.54, 1.807) is 50.2 Å². The second-order valence-electron chi connectivity index (χ2n) is 5.56. The van der Waals surface area contributed by atoms with E-state index in [9.17, 15) is 9.18 Å². The fraction of sp³-hybridized carbons (Fsp3) is 0.211. The van der Waals surface area contributed by atoms with Crippen molar-refractivity contribution in [2.24, 2.45) is 0 Å². The molecule has 124 valence electrons. The van der Waals surface area contributed by atoms with Crippen LogP contribution in [-0.4, -0.2) is 18.1 Å². The molecule has 0 saturated carbocycles. The van der Waals surface area contributed by atoms with E-state index in [0.29, 0.717) is 16.3 Å². The Hall–Kier alpha value is -2.51. The van der Waals surface area contributed by atoms with E-state index in [0.717, 1.165) is 0 Å². The minimum atomic E-state index is -1.05. The van der Waals surface area contributed by atoms with Crippen LogP contribution in [0.5, 0.6) is 5.75 Å². The largest absolute Gasteiger partial charge is 0.478 e. The molecular formula is C19H17ClFNO2. The molecule has 5 heteroatoms. The number of ether oxygens (including phenoxy) is 1. The number of halogens is 2. The average Bonchev–Trinajstić information content (AvgIpc) is 2.55. The lowest BCUT2D eigenvalue weighted by molar-refractivity contribution is -0.133. The van der Waals surface area contributed by atoms with E-state index in [1.807, 2.05) is 0 Å². The number of carbonyl (C=O) groups excluding carboxylic acids is 1. The van der Waals surface area contributed by atoms with Crippen LogP contribution in [0.4, 0.5) is 4.39 Å². The van der Waals surface area contributed by atoms with Crippen molar-refractivity contribution < 1.29 is 13.9 Å². The first-order valence-corrected chi connectivity index (χ1v) is 7.72. The van der Waals surface area contributed by atoms with Crippen LogP contribution < -0.4 is 10.1 Å². The summed E-state index contributed by atoms with van der Waals surface area (Å²) in [7, 11) is 0. The minimum Gasteiger partial charge on any atom is -0.478 e. The molecule has 2 rings (SSSR count). The average molecular weight is 346 g/mol. The first kappa shape index (κ1) is 17.8. The van der Waals surface area contributed by atoms with E-state index in [4.69, 9.17) is 16.3 Å². The van der Waals surface area contributed by atoms with Gasteiger partial charge in [-0.25, -0.2) is 4.39 Å². The molecule has 1 N–H and O–H groups in total. The zero-order chi connectivity index (χ0) is 17.6. The van der Waals surface area contributed by atoms with E-state index in [2.05, 4.69) is 17.2 Å². The van der Waals surface area contributed by atoms with Gasteiger partial charge in [0.25, 0.3) is 5.91 Å². The van der Waals surface area contributed by atoms with Crippen LogP contribution >= 0.6 is 11.6 Å². The van der Waals surface area contributed by atoms with Gasteiger partial charge < -0.3 is 10.1 Å². The molecule has 0 saturated heterocycles. The SMILES string of the molecule is CC(C)(Oc1ccc(Cl)cc1)C(=O)NCC#Cc1ccc(F)cc1. The lowest BCUT2D eigenvalue weighted by Crippen LogP contribution is -2.46. The lowest BCUT2D eigenvalue weighted by atomic mass is 10.1. The van der Waals surface area contributed by atoms with Crippen molar-refractivity contribution in [2.45, 2.75) is 19.4 Å². The molecule has 0 aliphatic heterocycles. The number of rotatable bonds is 4. The third-order valence-electron chi connectivity index (χ3n) is 3.15. The number of carbonyl (C=O) groups is 1. The molecule has 0 unspecified atom stereocenters. The van der Waals surface area contributed by atoms with E-state index in [-0.39, 0.29) is 18.3 Å². The van der Waals surface area contributed by atoms with Gasteiger partial charge in [0, 0.05) is 10.6 Å². The highest BCUT2D eigenvalue weighted by Crippen LogP contribution is 2.20. The first-order chi connectivity index (χ1) is 11.4. The number of amides is 1. The van der Waals surface area contributed by atoms with Crippen LogP contribution in [0, 0.1) is 17.7 Å². The van der Waals surface area contributed by atoms with Gasteiger partial charge in [-0.3, -0.25) is 4.79 Å². The van der Waals surface area contributed by atoms with Gasteiger partial charge in [0.15, 0.2) is 5.60 Å². The molecule has 1 amide bonds. The fourth-order valence-corrected chi connectivity index (χ4v) is 1.99. The Bertz CT molecular complexity index is 759. The van der Waals surface area contributed by atoms with Crippen LogP contribution in [0.15, 0.2) is 48.5 Å². The van der Waals surface area contributed by atoms with E-state index >= 15 is 0 Å². The molecule has 2 aromatic rings. The maximum absolute atomic E-state index is 12.8. The Morgan fingerprint density at radius 3 is 2.42 bits per heavy atom. The summed E-state index contributed by atoms with van der Waals surface area (Å²) in [5.74, 6) is 5.62. The van der Waals surface area contributed by atoms with Crippen LogP contribution in [0.1, 0.15) is 19.4 Å². The number of benzene rings is 2. The van der Waals surface area contributed by atoms with Crippen LogP contribution in [0.25, 0.3) is 0 Å². The highest BCUT2D eigenvalue weighted by atomic mass is 35.5. The van der Waals surface area contributed by atoms with Gasteiger partial charge in [0.2, 0.25) is 0 Å². The van der Waals surface area contributed by atoms with Crippen molar-refractivity contribution in [3.05, 3.63) is 64.9 Å². The van der Waals surface area contributed by atoms with Gasteiger partial charge in [-0.15, -0.1) is 0 Å². The molecule has 0 atom stereocenters. The third kappa shape index (κ3) is 5.29. The topological polar surface area (TPSA) is 38.3 Å². The molecular weight excluding hydrogens is 329 g/mol. The number of nitrogens with one attached hydrogen (secondary N) is 1. The van der Waals surface area contributed by atoms with Gasteiger partial charge in [-0.1, -0.05) is 23.4 Å². The van der Waals surface area contributed by atoms with Crippen molar-refractivity contribution in [1.82, 2.24) is 5.32 Å². The number of hydrogen-bond donors (Lipinski definition) is 1. The highest BCUT2D eigenvalue weighted by Gasteiger charge is 2.29. The van der Waals surface area contributed by atoms with Crippen molar-refractivity contribution in [3.63, 3.8) is 0 Å². The zero-order valence-corrected chi connectivity index (χ0v) is 14.2. The third-order valence-corrected chi connectivity index (χ3v) is 3.40. The zero-order valence-electron chi connectivity index (χ0n) is 13.4. The van der Waals surface area contributed by atoms with Gasteiger partial charge >= 0.3 is 0 Å². The lowest BCUT2D eigenvalue weighted by Gasteiger charge is -2.24. The van der Waals surface area contributed by atoms with Gasteiger partial charge in [-0.05, 0) is 62.4 Å². The Labute approximate surface area is 145 Å². The van der Waals surface area contributed by atoms with E-state index in [1.165, 1.54) is 12.1 Å². The molecule has 0 aliphatic rings. The van der Waals surface area contributed by atoms with Crippen LogP contribution in [0.2, 0.25) is 5.02 Å². The molecule has 0 heterocycles. The normalized spacial score (nSPS) is 10.5. The van der Waals surface area contributed by atoms with Crippen molar-refractivity contribution in [1.29, 1.82) is 0 Å². The van der Waals surface area contributed by atoms with Crippen LogP contribution in [0.3, 0.4) is 0 Å². The highest BCUT2D eigenvalue weighted by molar-refractivity contribution is 6.30. The minimum absolute atomic E-state index is 0.170. The summed E-state index contributed by atoms with van der Waals surface area (Å²) in [6.07, 6.45) is 0. The smallest absolute Gasteiger partial charge is 0.264 e. The molecule has 0 bridgehead atoms. The van der Waals surface area contributed by atoms with Gasteiger partial charge in [-0.2, -0.15) is 0 Å². The van der Waals surface area contributed by atoms with E-state index < -0.39 is 5.60 Å². The summed E-state index contributed by atoms with van der Waals surface area (Å²) >= 11 is 5.82. The Morgan fingerprint density at radius 2 is 1.79 bits per heavy atom. The predicted octanol–water partition coefficient (Wildman–Crippen LogP) is 3.80. The maximum atomic E-state index is 12.8. The monoisotopic (exact) mass is 345 g/mol. The van der Waals surface area contributed by atoms with Crippen molar-refractivity contribution >= 4 is 17.5 Å². The van der Waals surface area contributed by atoms with Crippen molar-refractivity contribution in [2.75, 3.05) is 6.54 Å². The van der Waals surface area contributed by atoms with Gasteiger partial charge in [0.1, 0.15) is 11.6 Å². The van der Waals surface area contributed by atoms with Crippen LogP contribution in [-0.2, 0) is 4.79 Å². The molecule has 24 heavy (non-hydrogen) atoms. The molecule has 0 spiro atoms. The Balaban J connectivity index is 1.89. The maximum Gasteiger partial charge on any atom is 0.264 e. The quantitative estimate of drug-likeness (QED) is 0.856. The summed E-state index contributed by atoms with van der Waals surface area (Å²) in [4.78, 5) is 12.2. The summed E-state index contributed by atoms with van der Waals surface area (Å²) in [5, 5.41) is 3.30. The molecule has 0 radical (unpaired) electrons. The Morgan fingerprint density at radius 1 is 1.17 bits per heavy atom. The molecule has 0 aromatic heterocycles. The molecule has 0 fully saturated rings. The molecule has 0 aliphatic carbocycles. The summed E-state index contributed by atoms with van der Waals surface area (Å²) < 4.78 is 18.5. The standard InChI is InChI=1S/C19H17ClFNO2/c1-19(2,24-17-11-7-15(20)8-12-17)18(23)22-13-3-4-14-5-9-16(21)10-6-14/h5-12H,13H2,1-2H3,(H,22,23). The second kappa shape index (κ2) is 7.85. The summed E-state index contributed by atoms with van der Waals surface area (Å²) in [6, 6.07) is 12.6. The predicted molar refractivity (Wildman–Crippen MR) is 92.4 cm³/mol. The fourth-order valence-electron chi connectivity index (χ4n) is 1.86. The summed E-state index contributed by atoms with van der Waals surface area (Å²) in [5.41, 5.74) is -0.368. The molecule has 3 nitrogen and oxygen atoms in total. The molecule has 2 aromatic carbocycles. The van der Waals surface area contributed by atoms with Gasteiger partial charge in [0.05, 0.1) is 6.54 Å². The van der Waals surface area contributed by atoms with Crippen molar-refractivity contribution in [3.8, 4) is 17.6 Å². The first-order valence-electron chi connectivity index (χ1n) is 7.34. The second-order valence-corrected chi connectivity index (χ2v) is 5.99.